The van der Waals surface area contributed by atoms with Crippen LogP contribution in [0.5, 0.6) is 0 Å². The molecule has 2 rings (SSSR count). The maximum Gasteiger partial charge on any atom is 0.225 e. The van der Waals surface area contributed by atoms with E-state index in [2.05, 4.69) is 0 Å². The highest BCUT2D eigenvalue weighted by Crippen LogP contribution is 2.27. The molecule has 3 N–H and O–H groups in total. The zero-order valence-corrected chi connectivity index (χ0v) is 9.06. The van der Waals surface area contributed by atoms with E-state index in [0.717, 1.165) is 38.8 Å². The Morgan fingerprint density at radius 1 is 1.27 bits per heavy atom. The van der Waals surface area contributed by atoms with Gasteiger partial charge in [-0.05, 0) is 25.7 Å². The maximum absolute atomic E-state index is 12.0. The van der Waals surface area contributed by atoms with Crippen molar-refractivity contribution >= 4 is 5.91 Å². The number of nitrogens with two attached hydrogens (primary N) is 1. The zero-order chi connectivity index (χ0) is 10.8. The number of rotatable bonds is 2. The second-order valence-corrected chi connectivity index (χ2v) is 4.90. The van der Waals surface area contributed by atoms with Gasteiger partial charge >= 0.3 is 0 Å². The molecule has 86 valence electrons. The molecule has 0 unspecified atom stereocenters. The number of aliphatic hydroxyl groups is 1. The minimum absolute atomic E-state index is 0.199. The number of hydrogen-bond donors (Lipinski definition) is 2. The lowest BCUT2D eigenvalue weighted by molar-refractivity contribution is -0.144. The second kappa shape index (κ2) is 4.49. The summed E-state index contributed by atoms with van der Waals surface area (Å²) in [6.45, 7) is 1.70. The van der Waals surface area contributed by atoms with Gasteiger partial charge < -0.3 is 15.7 Å². The summed E-state index contributed by atoms with van der Waals surface area (Å²) in [5, 5.41) is 8.88. The summed E-state index contributed by atoms with van der Waals surface area (Å²) in [6.07, 6.45) is 3.85. The van der Waals surface area contributed by atoms with Gasteiger partial charge in [-0.1, -0.05) is 0 Å². The van der Waals surface area contributed by atoms with Gasteiger partial charge in [0.15, 0.2) is 0 Å². The molecule has 0 aromatic rings. The van der Waals surface area contributed by atoms with Crippen LogP contribution in [-0.4, -0.2) is 41.7 Å². The van der Waals surface area contributed by atoms with Crippen molar-refractivity contribution in [2.45, 2.75) is 31.7 Å². The summed E-state index contributed by atoms with van der Waals surface area (Å²) >= 11 is 0. The molecule has 4 nitrogen and oxygen atoms in total. The van der Waals surface area contributed by atoms with Gasteiger partial charge in [0.1, 0.15) is 0 Å². The van der Waals surface area contributed by atoms with Crippen molar-refractivity contribution in [3.05, 3.63) is 0 Å². The van der Waals surface area contributed by atoms with Gasteiger partial charge in [0, 0.05) is 37.6 Å². The van der Waals surface area contributed by atoms with E-state index in [-0.39, 0.29) is 18.4 Å². The number of carbonyl (C=O) groups is 1. The molecule has 0 aromatic heterocycles. The van der Waals surface area contributed by atoms with Crippen LogP contribution in [0.3, 0.4) is 0 Å². The predicted molar refractivity (Wildman–Crippen MR) is 57.1 cm³/mol. The first-order chi connectivity index (χ1) is 7.20. The number of carbonyl (C=O) groups excluding carboxylic acids is 1. The van der Waals surface area contributed by atoms with Crippen LogP contribution in [0, 0.1) is 11.8 Å². The standard InChI is InChI=1S/C11H20N2O2/c12-10-3-1-9(2-4-10)11(15)13-5-8(6-13)7-14/h8-10,14H,1-7,12H2. The van der Waals surface area contributed by atoms with Crippen LogP contribution in [-0.2, 0) is 4.79 Å². The van der Waals surface area contributed by atoms with Gasteiger partial charge in [-0.3, -0.25) is 4.79 Å². The Morgan fingerprint density at radius 3 is 2.40 bits per heavy atom. The second-order valence-electron chi connectivity index (χ2n) is 4.90. The maximum atomic E-state index is 12.0. The largest absolute Gasteiger partial charge is 0.396 e. The minimum atomic E-state index is 0.199. The van der Waals surface area contributed by atoms with Gasteiger partial charge in [0.05, 0.1) is 0 Å². The average molecular weight is 212 g/mol. The van der Waals surface area contributed by atoms with Crippen LogP contribution in [0.1, 0.15) is 25.7 Å². The number of hydrogen-bond acceptors (Lipinski definition) is 3. The van der Waals surface area contributed by atoms with E-state index >= 15 is 0 Å². The van der Waals surface area contributed by atoms with Crippen LogP contribution < -0.4 is 5.73 Å². The molecule has 0 bridgehead atoms. The Labute approximate surface area is 90.4 Å². The quantitative estimate of drug-likeness (QED) is 0.674. The molecule has 15 heavy (non-hydrogen) atoms. The lowest BCUT2D eigenvalue weighted by atomic mass is 9.84. The summed E-state index contributed by atoms with van der Waals surface area (Å²) in [5.41, 5.74) is 5.81. The topological polar surface area (TPSA) is 66.6 Å². The lowest BCUT2D eigenvalue weighted by Crippen LogP contribution is -2.53. The molecule has 2 aliphatic rings. The fourth-order valence-electron chi connectivity index (χ4n) is 2.49. The van der Waals surface area contributed by atoms with E-state index in [1.165, 1.54) is 0 Å². The molecule has 1 saturated heterocycles. The third-order valence-electron chi connectivity index (χ3n) is 3.65. The molecular formula is C11H20N2O2. The summed E-state index contributed by atoms with van der Waals surface area (Å²) < 4.78 is 0. The van der Waals surface area contributed by atoms with Crippen molar-refractivity contribution in [1.82, 2.24) is 4.90 Å². The van der Waals surface area contributed by atoms with Crippen LogP contribution in [0.4, 0.5) is 0 Å². The molecule has 1 amide bonds. The van der Waals surface area contributed by atoms with Crippen molar-refractivity contribution in [3.63, 3.8) is 0 Å². The highest BCUT2D eigenvalue weighted by molar-refractivity contribution is 5.79. The van der Waals surface area contributed by atoms with Crippen LogP contribution in [0.2, 0.25) is 0 Å². The first-order valence-electron chi connectivity index (χ1n) is 5.86. The number of likely N-dealkylation sites (tertiary alicyclic amines) is 1. The van der Waals surface area contributed by atoms with Gasteiger partial charge in [0.2, 0.25) is 5.91 Å². The first-order valence-corrected chi connectivity index (χ1v) is 5.86. The van der Waals surface area contributed by atoms with Crippen LogP contribution in [0.25, 0.3) is 0 Å². The Balaban J connectivity index is 1.77. The Bertz CT molecular complexity index is 231. The normalized spacial score (nSPS) is 32.5. The fraction of sp³-hybridized carbons (Fsp3) is 0.909. The highest BCUT2D eigenvalue weighted by Gasteiger charge is 2.35. The Kier molecular flexibility index (Phi) is 3.26. The molecule has 1 saturated carbocycles. The van der Waals surface area contributed by atoms with Crippen LogP contribution in [0.15, 0.2) is 0 Å². The SMILES string of the molecule is NC1CCC(C(=O)N2CC(CO)C2)CC1. The van der Waals surface area contributed by atoms with Gasteiger partial charge in [-0.15, -0.1) is 0 Å². The minimum Gasteiger partial charge on any atom is -0.396 e. The number of nitrogens with zero attached hydrogens (tertiary/aromatic N) is 1. The molecule has 4 heteroatoms. The molecule has 0 spiro atoms. The first kappa shape index (κ1) is 10.9. The summed E-state index contributed by atoms with van der Waals surface area (Å²) in [7, 11) is 0. The molecular weight excluding hydrogens is 192 g/mol. The molecule has 1 aliphatic carbocycles. The van der Waals surface area contributed by atoms with Crippen molar-refractivity contribution in [2.75, 3.05) is 19.7 Å². The third-order valence-corrected chi connectivity index (χ3v) is 3.65. The summed E-state index contributed by atoms with van der Waals surface area (Å²) in [5.74, 6) is 0.802. The van der Waals surface area contributed by atoms with E-state index in [9.17, 15) is 4.79 Å². The average Bonchev–Trinajstić information content (AvgIpc) is 2.17. The molecule has 2 fully saturated rings. The summed E-state index contributed by atoms with van der Waals surface area (Å²) in [6, 6.07) is 0.302. The van der Waals surface area contributed by atoms with Crippen molar-refractivity contribution < 1.29 is 9.90 Å². The van der Waals surface area contributed by atoms with Gasteiger partial charge in [-0.25, -0.2) is 0 Å². The molecule has 1 heterocycles. The molecule has 0 radical (unpaired) electrons. The van der Waals surface area contributed by atoms with Gasteiger partial charge in [0.25, 0.3) is 0 Å². The Hall–Kier alpha value is -0.610. The van der Waals surface area contributed by atoms with Gasteiger partial charge in [-0.2, -0.15) is 0 Å². The van der Waals surface area contributed by atoms with Crippen molar-refractivity contribution in [2.24, 2.45) is 17.6 Å². The molecule has 0 aromatic carbocycles. The predicted octanol–water partition coefficient (Wildman–Crippen LogP) is -0.0454. The van der Waals surface area contributed by atoms with Crippen molar-refractivity contribution in [1.29, 1.82) is 0 Å². The number of amides is 1. The smallest absolute Gasteiger partial charge is 0.225 e. The van der Waals surface area contributed by atoms with E-state index in [0.29, 0.717) is 12.0 Å². The van der Waals surface area contributed by atoms with Crippen LogP contribution >= 0.6 is 0 Å². The highest BCUT2D eigenvalue weighted by atomic mass is 16.3. The zero-order valence-electron chi connectivity index (χ0n) is 9.06. The summed E-state index contributed by atoms with van der Waals surface area (Å²) in [4.78, 5) is 13.8. The number of aliphatic hydroxyl groups excluding tert-OH is 1. The third kappa shape index (κ3) is 2.32. The van der Waals surface area contributed by atoms with E-state index in [1.54, 1.807) is 0 Å². The molecule has 1 aliphatic heterocycles. The van der Waals surface area contributed by atoms with E-state index < -0.39 is 0 Å². The van der Waals surface area contributed by atoms with E-state index in [1.807, 2.05) is 4.90 Å². The fourth-order valence-corrected chi connectivity index (χ4v) is 2.49. The van der Waals surface area contributed by atoms with Crippen molar-refractivity contribution in [3.8, 4) is 0 Å². The van der Waals surface area contributed by atoms with E-state index in [4.69, 9.17) is 10.8 Å². The Morgan fingerprint density at radius 2 is 1.87 bits per heavy atom. The monoisotopic (exact) mass is 212 g/mol. The molecule has 0 atom stereocenters. The lowest BCUT2D eigenvalue weighted by Gasteiger charge is -2.41.